The van der Waals surface area contributed by atoms with Crippen molar-refractivity contribution in [1.82, 2.24) is 0 Å². The molecule has 1 N–H and O–H groups in total. The van der Waals surface area contributed by atoms with Gasteiger partial charge in [-0.1, -0.05) is 20.1 Å². The van der Waals surface area contributed by atoms with Crippen LogP contribution in [0.15, 0.2) is 24.3 Å². The van der Waals surface area contributed by atoms with Gasteiger partial charge in [-0.2, -0.15) is 5.26 Å². The van der Waals surface area contributed by atoms with Crippen molar-refractivity contribution in [3.8, 4) is 6.07 Å². The second kappa shape index (κ2) is 7.55. The van der Waals surface area contributed by atoms with E-state index in [1.807, 2.05) is 6.07 Å². The van der Waals surface area contributed by atoms with Gasteiger partial charge in [0.1, 0.15) is 0 Å². The van der Waals surface area contributed by atoms with Crippen LogP contribution in [0.25, 0.3) is 0 Å². The van der Waals surface area contributed by atoms with Gasteiger partial charge in [-0.25, -0.2) is 4.79 Å². The molecule has 3 heteroatoms. The van der Waals surface area contributed by atoms with Crippen molar-refractivity contribution in [2.75, 3.05) is 0 Å². The zero-order valence-electron chi connectivity index (χ0n) is 7.42. The van der Waals surface area contributed by atoms with E-state index in [1.54, 1.807) is 13.8 Å². The van der Waals surface area contributed by atoms with Gasteiger partial charge in [0.05, 0.1) is 6.07 Å². The Morgan fingerprint density at radius 3 is 1.92 bits per heavy atom. The third-order valence-corrected chi connectivity index (χ3v) is 0.920. The fourth-order valence-electron chi connectivity index (χ4n) is 0.151. The second-order valence-electron chi connectivity index (χ2n) is 2.15. The van der Waals surface area contributed by atoms with E-state index in [9.17, 15) is 4.79 Å². The Morgan fingerprint density at radius 2 is 1.92 bits per heavy atom. The van der Waals surface area contributed by atoms with Crippen LogP contribution in [0.5, 0.6) is 0 Å². The summed E-state index contributed by atoms with van der Waals surface area (Å²) < 4.78 is 0. The molecule has 0 saturated heterocycles. The lowest BCUT2D eigenvalue weighted by molar-refractivity contribution is -0.132. The van der Waals surface area contributed by atoms with E-state index in [0.717, 1.165) is 0 Å². The number of rotatable bonds is 2. The van der Waals surface area contributed by atoms with Crippen molar-refractivity contribution in [2.24, 2.45) is 0 Å². The molecule has 0 aromatic carbocycles. The third kappa shape index (κ3) is 11.3. The Labute approximate surface area is 72.6 Å². The summed E-state index contributed by atoms with van der Waals surface area (Å²) in [6.07, 6.45) is 0.523. The van der Waals surface area contributed by atoms with Crippen LogP contribution in [0, 0.1) is 11.3 Å². The number of carboxylic acid groups (broad SMARTS) is 1. The monoisotopic (exact) mass is 167 g/mol. The number of carboxylic acids is 1. The van der Waals surface area contributed by atoms with Gasteiger partial charge in [0, 0.05) is 11.1 Å². The fraction of sp³-hybridized carbons (Fsp3) is 0.333. The molecule has 0 radical (unpaired) electrons. The third-order valence-electron chi connectivity index (χ3n) is 0.920. The first kappa shape index (κ1) is 13.1. The summed E-state index contributed by atoms with van der Waals surface area (Å²) in [6, 6.07) is 1.83. The molecule has 0 spiro atoms. The van der Waals surface area contributed by atoms with Gasteiger partial charge in [-0.15, -0.1) is 0 Å². The molecule has 0 heterocycles. The molecule has 0 aliphatic rings. The number of aliphatic carboxylic acids is 1. The number of hydrogen-bond donors (Lipinski definition) is 1. The smallest absolute Gasteiger partial charge is 0.330 e. The first-order valence-corrected chi connectivity index (χ1v) is 3.42. The van der Waals surface area contributed by atoms with E-state index >= 15 is 0 Å². The lowest BCUT2D eigenvalue weighted by Gasteiger charge is -1.87. The highest BCUT2D eigenvalue weighted by atomic mass is 16.4. The molecular formula is C9H13NO2. The minimum absolute atomic E-state index is 0.264. The van der Waals surface area contributed by atoms with Crippen LogP contribution in [0.3, 0.4) is 0 Å². The zero-order chi connectivity index (χ0) is 10.1. The van der Waals surface area contributed by atoms with Crippen molar-refractivity contribution in [1.29, 1.82) is 5.26 Å². The molecule has 0 aromatic heterocycles. The van der Waals surface area contributed by atoms with Gasteiger partial charge in [0.15, 0.2) is 0 Å². The molecule has 0 aromatic rings. The number of hydrogen-bond acceptors (Lipinski definition) is 2. The Morgan fingerprint density at radius 1 is 1.58 bits per heavy atom. The predicted molar refractivity (Wildman–Crippen MR) is 47.5 cm³/mol. The molecule has 66 valence electrons. The van der Waals surface area contributed by atoms with Crippen molar-refractivity contribution in [3.05, 3.63) is 24.3 Å². The summed E-state index contributed by atoms with van der Waals surface area (Å²) in [7, 11) is 0. The molecule has 0 amide bonds. The van der Waals surface area contributed by atoms with Crippen LogP contribution >= 0.6 is 0 Å². The molecule has 0 bridgehead atoms. The number of allylic oxidation sites excluding steroid dienone is 1. The van der Waals surface area contributed by atoms with Crippen molar-refractivity contribution < 1.29 is 9.90 Å². The predicted octanol–water partition coefficient (Wildman–Crippen LogP) is 2.12. The topological polar surface area (TPSA) is 61.1 Å². The lowest BCUT2D eigenvalue weighted by atomic mass is 10.2. The van der Waals surface area contributed by atoms with Crippen LogP contribution < -0.4 is 0 Å². The Kier molecular flexibility index (Phi) is 8.21. The molecule has 0 aliphatic heterocycles. The molecule has 3 nitrogen and oxygen atoms in total. The summed E-state index contributed by atoms with van der Waals surface area (Å²) >= 11 is 0. The normalized spacial score (nSPS) is 7.08. The van der Waals surface area contributed by atoms with Gasteiger partial charge in [0.2, 0.25) is 0 Å². The summed E-state index contributed by atoms with van der Waals surface area (Å²) in [5.41, 5.74) is 0.824. The van der Waals surface area contributed by atoms with Gasteiger partial charge in [-0.05, 0) is 13.3 Å². The van der Waals surface area contributed by atoms with Crippen LogP contribution in [0.2, 0.25) is 0 Å². The maximum Gasteiger partial charge on any atom is 0.330 e. The Balaban J connectivity index is 0. The molecule has 0 unspecified atom stereocenters. The Hall–Kier alpha value is -1.56. The first-order chi connectivity index (χ1) is 5.45. The summed E-state index contributed by atoms with van der Waals surface area (Å²) in [5, 5.41) is 15.9. The van der Waals surface area contributed by atoms with Crippen molar-refractivity contribution in [2.45, 2.75) is 20.3 Å². The molecule has 0 rings (SSSR count). The standard InChI is InChI=1S/C5H8O2.C4H5N/c1-3-4(2)5(6)7;1-4(2)3-5/h2-3H2,1H3,(H,6,7);1H2,2H3. The average molecular weight is 167 g/mol. The zero-order valence-corrected chi connectivity index (χ0v) is 7.42. The van der Waals surface area contributed by atoms with Gasteiger partial charge < -0.3 is 5.11 Å². The second-order valence-corrected chi connectivity index (χ2v) is 2.15. The SMILES string of the molecule is C=C(C)C#N.C=C(CC)C(=O)O. The molecule has 12 heavy (non-hydrogen) atoms. The highest BCUT2D eigenvalue weighted by Crippen LogP contribution is 1.93. The average Bonchev–Trinajstić information content (AvgIpc) is 2.04. The molecule has 0 atom stereocenters. The summed E-state index contributed by atoms with van der Waals surface area (Å²) in [6.45, 7) is 10.0. The van der Waals surface area contributed by atoms with Gasteiger partial charge in [-0.3, -0.25) is 0 Å². The number of nitriles is 1. The maximum atomic E-state index is 9.83. The van der Waals surface area contributed by atoms with E-state index in [2.05, 4.69) is 13.2 Å². The quantitative estimate of drug-likeness (QED) is 0.506. The minimum atomic E-state index is -0.900. The lowest BCUT2D eigenvalue weighted by Crippen LogP contribution is -1.95. The van der Waals surface area contributed by atoms with Gasteiger partial charge >= 0.3 is 5.97 Å². The van der Waals surface area contributed by atoms with E-state index in [0.29, 0.717) is 12.0 Å². The summed E-state index contributed by atoms with van der Waals surface area (Å²) in [4.78, 5) is 9.83. The maximum absolute atomic E-state index is 9.83. The molecule has 0 aliphatic carbocycles. The fourth-order valence-corrected chi connectivity index (χ4v) is 0.151. The highest BCUT2D eigenvalue weighted by molar-refractivity contribution is 5.85. The van der Waals surface area contributed by atoms with Crippen molar-refractivity contribution in [3.63, 3.8) is 0 Å². The summed E-state index contributed by atoms with van der Waals surface area (Å²) in [5.74, 6) is -0.900. The van der Waals surface area contributed by atoms with E-state index < -0.39 is 5.97 Å². The van der Waals surface area contributed by atoms with Crippen LogP contribution in [-0.2, 0) is 4.79 Å². The minimum Gasteiger partial charge on any atom is -0.478 e. The number of carbonyl (C=O) groups is 1. The van der Waals surface area contributed by atoms with Crippen LogP contribution in [0.4, 0.5) is 0 Å². The van der Waals surface area contributed by atoms with Gasteiger partial charge in [0.25, 0.3) is 0 Å². The van der Waals surface area contributed by atoms with E-state index in [4.69, 9.17) is 10.4 Å². The van der Waals surface area contributed by atoms with Crippen LogP contribution in [-0.4, -0.2) is 11.1 Å². The molecule has 0 saturated carbocycles. The largest absolute Gasteiger partial charge is 0.478 e. The van der Waals surface area contributed by atoms with E-state index in [1.165, 1.54) is 0 Å². The molecular weight excluding hydrogens is 154 g/mol. The highest BCUT2D eigenvalue weighted by Gasteiger charge is 1.96. The first-order valence-electron chi connectivity index (χ1n) is 3.42. The van der Waals surface area contributed by atoms with Crippen LogP contribution in [0.1, 0.15) is 20.3 Å². The Bertz CT molecular complexity index is 223. The number of nitrogens with zero attached hydrogens (tertiary/aromatic N) is 1. The van der Waals surface area contributed by atoms with E-state index in [-0.39, 0.29) is 5.57 Å². The van der Waals surface area contributed by atoms with Crippen molar-refractivity contribution >= 4 is 5.97 Å². The molecule has 0 fully saturated rings.